The van der Waals surface area contributed by atoms with E-state index in [4.69, 9.17) is 11.6 Å². The Morgan fingerprint density at radius 1 is 1.19 bits per heavy atom. The van der Waals surface area contributed by atoms with Crippen LogP contribution in [0, 0.1) is 5.82 Å². The van der Waals surface area contributed by atoms with Crippen LogP contribution in [0.4, 0.5) is 9.52 Å². The number of benzene rings is 1. The number of amides is 1. The molecule has 0 N–H and O–H groups in total. The van der Waals surface area contributed by atoms with Gasteiger partial charge in [-0.3, -0.25) is 14.7 Å². The summed E-state index contributed by atoms with van der Waals surface area (Å²) in [5.74, 6) is -0.534. The summed E-state index contributed by atoms with van der Waals surface area (Å²) in [6.07, 6.45) is 3.38. The fourth-order valence-corrected chi connectivity index (χ4v) is 4.44. The Kier molecular flexibility index (Phi) is 4.67. The largest absolute Gasteiger partial charge is 0.279 e. The minimum atomic E-state index is -0.331. The Bertz CT molecular complexity index is 1080. The summed E-state index contributed by atoms with van der Waals surface area (Å²) in [6.45, 7) is 0.310. The number of rotatable bonds is 4. The Labute approximate surface area is 161 Å². The van der Waals surface area contributed by atoms with E-state index in [0.29, 0.717) is 31.1 Å². The van der Waals surface area contributed by atoms with E-state index in [9.17, 15) is 9.18 Å². The molecule has 0 radical (unpaired) electrons. The number of carbonyl (C=O) groups excluding carboxylic acids is 1. The van der Waals surface area contributed by atoms with Crippen LogP contribution in [-0.4, -0.2) is 15.9 Å². The number of hydrogen-bond acceptors (Lipinski definition) is 5. The van der Waals surface area contributed by atoms with Gasteiger partial charge in [0, 0.05) is 12.4 Å². The van der Waals surface area contributed by atoms with Crippen molar-refractivity contribution in [3.05, 3.63) is 75.5 Å². The maximum atomic E-state index is 13.5. The quantitative estimate of drug-likeness (QED) is 0.458. The summed E-state index contributed by atoms with van der Waals surface area (Å²) in [4.78, 5) is 23.8. The smallest absolute Gasteiger partial charge is 0.270 e. The number of aromatic nitrogens is 2. The minimum absolute atomic E-state index is 0.203. The predicted octanol–water partition coefficient (Wildman–Crippen LogP) is 5.39. The van der Waals surface area contributed by atoms with Gasteiger partial charge in [0.2, 0.25) is 0 Å². The number of nitrogens with zero attached hydrogens (tertiary/aromatic N) is 3. The van der Waals surface area contributed by atoms with Crippen LogP contribution in [0.15, 0.2) is 54.9 Å². The normalized spacial score (nSPS) is 11.0. The van der Waals surface area contributed by atoms with Gasteiger partial charge in [-0.1, -0.05) is 29.0 Å². The zero-order chi connectivity index (χ0) is 18.1. The lowest BCUT2D eigenvalue weighted by Crippen LogP contribution is -2.29. The van der Waals surface area contributed by atoms with Crippen LogP contribution >= 0.6 is 34.3 Å². The lowest BCUT2D eigenvalue weighted by atomic mass is 10.2. The summed E-state index contributed by atoms with van der Waals surface area (Å²) < 4.78 is 14.7. The van der Waals surface area contributed by atoms with Gasteiger partial charge in [0.1, 0.15) is 5.82 Å². The third kappa shape index (κ3) is 3.46. The number of anilines is 1. The van der Waals surface area contributed by atoms with Crippen LogP contribution < -0.4 is 4.90 Å². The highest BCUT2D eigenvalue weighted by Crippen LogP contribution is 2.32. The molecule has 0 saturated heterocycles. The average Bonchev–Trinajstić information content (AvgIpc) is 3.25. The molecule has 4 rings (SSSR count). The molecule has 0 unspecified atom stereocenters. The standard InChI is InChI=1S/C18H11ClFN3OS2/c19-16-6-5-14(25-16)17(24)23(10-11-2-1-7-21-9-11)18-22-13-4-3-12(20)8-15(13)26-18/h1-9H,10H2. The number of pyridine rings is 1. The van der Waals surface area contributed by atoms with Crippen molar-refractivity contribution in [2.45, 2.75) is 6.54 Å². The second-order valence-electron chi connectivity index (χ2n) is 5.46. The average molecular weight is 404 g/mol. The predicted molar refractivity (Wildman–Crippen MR) is 104 cm³/mol. The molecule has 3 aromatic heterocycles. The molecule has 1 amide bonds. The van der Waals surface area contributed by atoms with Gasteiger partial charge in [0.05, 0.1) is 26.0 Å². The van der Waals surface area contributed by atoms with Crippen molar-refractivity contribution < 1.29 is 9.18 Å². The molecule has 0 spiro atoms. The fourth-order valence-electron chi connectivity index (χ4n) is 2.46. The first-order valence-corrected chi connectivity index (χ1v) is 9.63. The van der Waals surface area contributed by atoms with E-state index >= 15 is 0 Å². The van der Waals surface area contributed by atoms with E-state index in [-0.39, 0.29) is 11.7 Å². The third-order valence-electron chi connectivity index (χ3n) is 3.66. The highest BCUT2D eigenvalue weighted by atomic mass is 35.5. The van der Waals surface area contributed by atoms with Crippen molar-refractivity contribution in [3.8, 4) is 0 Å². The lowest BCUT2D eigenvalue weighted by Gasteiger charge is -2.19. The number of carbonyl (C=O) groups is 1. The molecule has 0 aliphatic heterocycles. The van der Waals surface area contributed by atoms with Crippen LogP contribution in [0.2, 0.25) is 4.34 Å². The minimum Gasteiger partial charge on any atom is -0.279 e. The van der Waals surface area contributed by atoms with Gasteiger partial charge in [0.25, 0.3) is 5.91 Å². The molecule has 1 aromatic carbocycles. The Morgan fingerprint density at radius 2 is 2.08 bits per heavy atom. The maximum Gasteiger partial charge on any atom is 0.270 e. The van der Waals surface area contributed by atoms with E-state index in [2.05, 4.69) is 9.97 Å². The van der Waals surface area contributed by atoms with E-state index in [1.165, 1.54) is 34.8 Å². The summed E-state index contributed by atoms with van der Waals surface area (Å²) in [5.41, 5.74) is 1.52. The van der Waals surface area contributed by atoms with Crippen LogP contribution in [0.25, 0.3) is 10.2 Å². The fraction of sp³-hybridized carbons (Fsp3) is 0.0556. The van der Waals surface area contributed by atoms with E-state index in [0.717, 1.165) is 5.56 Å². The summed E-state index contributed by atoms with van der Waals surface area (Å²) in [5, 5.41) is 0.504. The molecular weight excluding hydrogens is 393 g/mol. The molecule has 0 aliphatic carbocycles. The first kappa shape index (κ1) is 17.1. The number of fused-ring (bicyclic) bond motifs is 1. The van der Waals surface area contributed by atoms with Crippen molar-refractivity contribution in [1.29, 1.82) is 0 Å². The third-order valence-corrected chi connectivity index (χ3v) is 5.92. The van der Waals surface area contributed by atoms with Crippen LogP contribution in [0.1, 0.15) is 15.2 Å². The molecule has 0 saturated carbocycles. The van der Waals surface area contributed by atoms with E-state index in [1.54, 1.807) is 35.5 Å². The van der Waals surface area contributed by atoms with Crippen molar-refractivity contribution in [2.24, 2.45) is 0 Å². The summed E-state index contributed by atoms with van der Waals surface area (Å²) in [6, 6.07) is 11.5. The van der Waals surface area contributed by atoms with Gasteiger partial charge < -0.3 is 0 Å². The van der Waals surface area contributed by atoms with Gasteiger partial charge in [-0.15, -0.1) is 11.3 Å². The van der Waals surface area contributed by atoms with E-state index in [1.807, 2.05) is 12.1 Å². The Hall–Kier alpha value is -2.35. The van der Waals surface area contributed by atoms with Crippen LogP contribution in [0.5, 0.6) is 0 Å². The lowest BCUT2D eigenvalue weighted by molar-refractivity contribution is 0.0989. The highest BCUT2D eigenvalue weighted by molar-refractivity contribution is 7.22. The van der Waals surface area contributed by atoms with Gasteiger partial charge >= 0.3 is 0 Å². The summed E-state index contributed by atoms with van der Waals surface area (Å²) >= 11 is 8.47. The van der Waals surface area contributed by atoms with Crippen LogP contribution in [-0.2, 0) is 6.54 Å². The number of thiophene rings is 1. The van der Waals surface area contributed by atoms with E-state index < -0.39 is 0 Å². The molecule has 3 heterocycles. The molecule has 0 atom stereocenters. The molecule has 0 fully saturated rings. The monoisotopic (exact) mass is 403 g/mol. The number of thiazole rings is 1. The second kappa shape index (κ2) is 7.11. The van der Waals surface area contributed by atoms with Gasteiger partial charge in [-0.05, 0) is 42.0 Å². The molecule has 130 valence electrons. The topological polar surface area (TPSA) is 46.1 Å². The molecule has 26 heavy (non-hydrogen) atoms. The SMILES string of the molecule is O=C(c1ccc(Cl)s1)N(Cc1cccnc1)c1nc2ccc(F)cc2s1. The van der Waals surface area contributed by atoms with Gasteiger partial charge in [-0.25, -0.2) is 9.37 Å². The zero-order valence-corrected chi connectivity index (χ0v) is 15.6. The van der Waals surface area contributed by atoms with Crippen molar-refractivity contribution >= 4 is 55.5 Å². The summed E-state index contributed by atoms with van der Waals surface area (Å²) in [7, 11) is 0. The molecule has 8 heteroatoms. The Morgan fingerprint density at radius 3 is 2.81 bits per heavy atom. The first-order chi connectivity index (χ1) is 12.6. The first-order valence-electron chi connectivity index (χ1n) is 7.62. The molecule has 4 nitrogen and oxygen atoms in total. The number of hydrogen-bond donors (Lipinski definition) is 0. The van der Waals surface area contributed by atoms with Crippen molar-refractivity contribution in [2.75, 3.05) is 4.90 Å². The highest BCUT2D eigenvalue weighted by Gasteiger charge is 2.23. The molecular formula is C18H11ClFN3OS2. The molecule has 0 aliphatic rings. The zero-order valence-electron chi connectivity index (χ0n) is 13.2. The van der Waals surface area contributed by atoms with Crippen molar-refractivity contribution in [3.63, 3.8) is 0 Å². The molecule has 0 bridgehead atoms. The van der Waals surface area contributed by atoms with Gasteiger partial charge in [-0.2, -0.15) is 0 Å². The molecule has 4 aromatic rings. The van der Waals surface area contributed by atoms with Gasteiger partial charge in [0.15, 0.2) is 5.13 Å². The second-order valence-corrected chi connectivity index (χ2v) is 8.19. The Balaban J connectivity index is 1.76. The van der Waals surface area contributed by atoms with Crippen molar-refractivity contribution in [1.82, 2.24) is 9.97 Å². The maximum absolute atomic E-state index is 13.5. The number of halogens is 2. The van der Waals surface area contributed by atoms with Crippen LogP contribution in [0.3, 0.4) is 0 Å².